The van der Waals surface area contributed by atoms with Gasteiger partial charge >= 0.3 is 5.97 Å². The number of nitrogens with one attached hydrogen (secondary N) is 2. The number of halogens is 1. The predicted octanol–water partition coefficient (Wildman–Crippen LogP) is 2.65. The lowest BCUT2D eigenvalue weighted by Crippen LogP contribution is -2.22. The highest BCUT2D eigenvalue weighted by Gasteiger charge is 2.24. The second kappa shape index (κ2) is 6.38. The molecule has 3 N–H and O–H groups in total. The van der Waals surface area contributed by atoms with Gasteiger partial charge in [0, 0.05) is 28.9 Å². The zero-order chi connectivity index (χ0) is 20.0. The summed E-state index contributed by atoms with van der Waals surface area (Å²) in [6.07, 6.45) is 1.19. The van der Waals surface area contributed by atoms with Crippen LogP contribution in [0.5, 0.6) is 11.5 Å². The molecule has 142 valence electrons. The number of anilines is 1. The molecule has 1 aliphatic heterocycles. The fourth-order valence-corrected chi connectivity index (χ4v) is 3.02. The number of carbonyl (C=O) groups excluding carboxylic acids is 1. The van der Waals surface area contributed by atoms with E-state index in [1.165, 1.54) is 31.3 Å². The number of carboxylic acids is 1. The summed E-state index contributed by atoms with van der Waals surface area (Å²) in [5.41, 5.74) is -0.256. The number of hydrogen-bond donors (Lipinski definition) is 3. The molecule has 0 unspecified atom stereocenters. The maximum Gasteiger partial charge on any atom is 0.339 e. The molecule has 0 atom stereocenters. The van der Waals surface area contributed by atoms with Crippen molar-refractivity contribution in [3.63, 3.8) is 0 Å². The molecular formula is C19H13FN2O6. The van der Waals surface area contributed by atoms with E-state index in [1.807, 2.05) is 0 Å². The van der Waals surface area contributed by atoms with E-state index in [9.17, 15) is 23.9 Å². The molecule has 4 rings (SSSR count). The number of aromatic carboxylic acids is 1. The maximum absolute atomic E-state index is 13.7. The first kappa shape index (κ1) is 17.5. The summed E-state index contributed by atoms with van der Waals surface area (Å²) in [5.74, 6) is -2.22. The Labute approximate surface area is 156 Å². The van der Waals surface area contributed by atoms with Crippen molar-refractivity contribution in [3.8, 4) is 11.5 Å². The van der Waals surface area contributed by atoms with E-state index in [-0.39, 0.29) is 46.1 Å². The second-order valence-corrected chi connectivity index (χ2v) is 6.14. The van der Waals surface area contributed by atoms with Gasteiger partial charge in [0.25, 0.3) is 5.91 Å². The van der Waals surface area contributed by atoms with Gasteiger partial charge in [0.2, 0.25) is 12.2 Å². The first-order valence-electron chi connectivity index (χ1n) is 8.15. The quantitative estimate of drug-likeness (QED) is 0.639. The summed E-state index contributed by atoms with van der Waals surface area (Å²) in [6.45, 7) is 1.39. The van der Waals surface area contributed by atoms with Crippen molar-refractivity contribution >= 4 is 28.5 Å². The van der Waals surface area contributed by atoms with Crippen LogP contribution in [0.2, 0.25) is 0 Å². The number of aromatic amines is 1. The summed E-state index contributed by atoms with van der Waals surface area (Å²) in [6, 6.07) is 5.08. The van der Waals surface area contributed by atoms with Gasteiger partial charge in [-0.15, -0.1) is 0 Å². The normalized spacial score (nSPS) is 12.2. The molecule has 0 spiro atoms. The third-order valence-electron chi connectivity index (χ3n) is 4.45. The average molecular weight is 384 g/mol. The van der Waals surface area contributed by atoms with Gasteiger partial charge in [0.05, 0.1) is 5.52 Å². The van der Waals surface area contributed by atoms with Crippen molar-refractivity contribution < 1.29 is 28.6 Å². The summed E-state index contributed by atoms with van der Waals surface area (Å²) in [4.78, 5) is 39.4. The van der Waals surface area contributed by atoms with Crippen molar-refractivity contribution in [2.24, 2.45) is 0 Å². The van der Waals surface area contributed by atoms with E-state index >= 15 is 0 Å². The van der Waals surface area contributed by atoms with Crippen LogP contribution in [0.1, 0.15) is 26.3 Å². The van der Waals surface area contributed by atoms with Crippen molar-refractivity contribution in [1.29, 1.82) is 0 Å². The van der Waals surface area contributed by atoms with Crippen LogP contribution in [0.15, 0.2) is 35.3 Å². The number of aryl methyl sites for hydroxylation is 1. The molecule has 28 heavy (non-hydrogen) atoms. The van der Waals surface area contributed by atoms with Gasteiger partial charge in [-0.2, -0.15) is 0 Å². The van der Waals surface area contributed by atoms with Crippen LogP contribution in [-0.2, 0) is 0 Å². The monoisotopic (exact) mass is 384 g/mol. The molecule has 0 saturated heterocycles. The number of hydrogen-bond acceptors (Lipinski definition) is 5. The summed E-state index contributed by atoms with van der Waals surface area (Å²) >= 11 is 0. The molecule has 9 heteroatoms. The molecule has 3 aromatic rings. The summed E-state index contributed by atoms with van der Waals surface area (Å²) in [7, 11) is 0. The van der Waals surface area contributed by atoms with Crippen LogP contribution in [-0.4, -0.2) is 28.8 Å². The van der Waals surface area contributed by atoms with E-state index < -0.39 is 23.1 Å². The minimum Gasteiger partial charge on any atom is -0.478 e. The van der Waals surface area contributed by atoms with Gasteiger partial charge in [0.15, 0.2) is 11.5 Å². The Morgan fingerprint density at radius 2 is 2.00 bits per heavy atom. The zero-order valence-corrected chi connectivity index (χ0v) is 14.5. The Balaban J connectivity index is 1.73. The number of carboxylic acid groups (broad SMARTS) is 1. The summed E-state index contributed by atoms with van der Waals surface area (Å²) < 4.78 is 24.0. The Bertz CT molecular complexity index is 1220. The molecule has 0 aliphatic carbocycles. The van der Waals surface area contributed by atoms with Crippen LogP contribution in [0.25, 0.3) is 10.9 Å². The van der Waals surface area contributed by atoms with Gasteiger partial charge in [-0.1, -0.05) is 0 Å². The Hall–Kier alpha value is -3.88. The molecule has 2 aromatic carbocycles. The average Bonchev–Trinajstić information content (AvgIpc) is 3.12. The number of rotatable bonds is 3. The van der Waals surface area contributed by atoms with Gasteiger partial charge < -0.3 is 24.9 Å². The lowest BCUT2D eigenvalue weighted by molar-refractivity contribution is 0.0691. The number of pyridine rings is 1. The van der Waals surface area contributed by atoms with Gasteiger partial charge in [0.1, 0.15) is 16.9 Å². The minimum atomic E-state index is -1.25. The second-order valence-electron chi connectivity index (χ2n) is 6.14. The number of fused-ring (bicyclic) bond motifs is 2. The maximum atomic E-state index is 13.7. The van der Waals surface area contributed by atoms with Gasteiger partial charge in [-0.05, 0) is 25.1 Å². The fourth-order valence-electron chi connectivity index (χ4n) is 3.02. The fraction of sp³-hybridized carbons (Fsp3) is 0.105. The first-order chi connectivity index (χ1) is 13.4. The highest BCUT2D eigenvalue weighted by molar-refractivity contribution is 6.06. The number of benzene rings is 2. The Kier molecular flexibility index (Phi) is 3.99. The highest BCUT2D eigenvalue weighted by atomic mass is 19.1. The topological polar surface area (TPSA) is 118 Å². The van der Waals surface area contributed by atoms with Crippen LogP contribution in [0, 0.1) is 12.7 Å². The number of carbonyl (C=O) groups is 2. The van der Waals surface area contributed by atoms with E-state index in [0.717, 1.165) is 6.07 Å². The van der Waals surface area contributed by atoms with Crippen LogP contribution in [0.4, 0.5) is 10.1 Å². The number of H-pyrrole nitrogens is 1. The predicted molar refractivity (Wildman–Crippen MR) is 96.7 cm³/mol. The van der Waals surface area contributed by atoms with Crippen LogP contribution in [0.3, 0.4) is 0 Å². The number of amides is 1. The lowest BCUT2D eigenvalue weighted by Gasteiger charge is -2.09. The SMILES string of the molecule is Cc1c(F)ccc2c(=O)c(C(=O)Nc3cc4c(c(C(=O)O)c3)OCO4)c[nH]c12. The lowest BCUT2D eigenvalue weighted by atomic mass is 10.1. The molecule has 2 heterocycles. The molecule has 0 fully saturated rings. The molecule has 0 saturated carbocycles. The molecule has 1 amide bonds. The Morgan fingerprint density at radius 3 is 2.75 bits per heavy atom. The van der Waals surface area contributed by atoms with Crippen LogP contribution >= 0.6 is 0 Å². The minimum absolute atomic E-state index is 0.0755. The largest absolute Gasteiger partial charge is 0.478 e. The molecular weight excluding hydrogens is 371 g/mol. The third kappa shape index (κ3) is 2.73. The van der Waals surface area contributed by atoms with E-state index in [2.05, 4.69) is 10.3 Å². The smallest absolute Gasteiger partial charge is 0.339 e. The third-order valence-corrected chi connectivity index (χ3v) is 4.45. The van der Waals surface area contributed by atoms with E-state index in [4.69, 9.17) is 9.47 Å². The van der Waals surface area contributed by atoms with Gasteiger partial charge in [-0.3, -0.25) is 9.59 Å². The van der Waals surface area contributed by atoms with Gasteiger partial charge in [-0.25, -0.2) is 9.18 Å². The molecule has 8 nitrogen and oxygen atoms in total. The zero-order valence-electron chi connectivity index (χ0n) is 14.5. The first-order valence-corrected chi connectivity index (χ1v) is 8.15. The van der Waals surface area contributed by atoms with Crippen LogP contribution < -0.4 is 20.2 Å². The Morgan fingerprint density at radius 1 is 1.21 bits per heavy atom. The van der Waals surface area contributed by atoms with E-state index in [1.54, 1.807) is 0 Å². The highest BCUT2D eigenvalue weighted by Crippen LogP contribution is 2.38. The molecule has 1 aliphatic rings. The van der Waals surface area contributed by atoms with E-state index in [0.29, 0.717) is 5.52 Å². The summed E-state index contributed by atoms with van der Waals surface area (Å²) in [5, 5.41) is 12.0. The molecule has 1 aromatic heterocycles. The molecule has 0 bridgehead atoms. The number of ether oxygens (including phenoxy) is 2. The molecule has 0 radical (unpaired) electrons. The van der Waals surface area contributed by atoms with Crippen molar-refractivity contribution in [3.05, 3.63) is 63.2 Å². The van der Waals surface area contributed by atoms with Crippen molar-refractivity contribution in [1.82, 2.24) is 4.98 Å². The van der Waals surface area contributed by atoms with Crippen molar-refractivity contribution in [2.75, 3.05) is 12.1 Å². The van der Waals surface area contributed by atoms with Crippen molar-refractivity contribution in [2.45, 2.75) is 6.92 Å². The standard InChI is InChI=1S/C19H13FN2O6/c1-8-13(20)3-2-10-15(8)21-6-12(16(10)23)18(24)22-9-4-11(19(25)26)17-14(5-9)27-7-28-17/h2-6H,7H2,1H3,(H,21,23)(H,22,24)(H,25,26). The number of aromatic nitrogens is 1.